The lowest BCUT2D eigenvalue weighted by atomic mass is 9.34. The van der Waals surface area contributed by atoms with Gasteiger partial charge >= 0.3 is 0 Å². The predicted octanol–water partition coefficient (Wildman–Crippen LogP) is 0.740. The van der Waals surface area contributed by atoms with E-state index in [0.29, 0.717) is 18.4 Å². The van der Waals surface area contributed by atoms with Crippen LogP contribution in [0.3, 0.4) is 0 Å². The van der Waals surface area contributed by atoms with Crippen LogP contribution < -0.4 is 0 Å². The molecule has 0 unspecified atom stereocenters. The van der Waals surface area contributed by atoms with Crippen molar-refractivity contribution in [3.05, 3.63) is 12.2 Å². The third-order valence-corrected chi connectivity index (χ3v) is 9.14. The zero-order valence-corrected chi connectivity index (χ0v) is 15.1. The number of Topliss-reactive ketones (excluding diaryl/α,β-unsaturated/α-hetero) is 1. The zero-order chi connectivity index (χ0) is 18.4. The highest BCUT2D eigenvalue weighted by Gasteiger charge is 2.92. The molecule has 8 aliphatic rings. The zero-order valence-electron chi connectivity index (χ0n) is 15.1. The van der Waals surface area contributed by atoms with Crippen molar-refractivity contribution < 1.29 is 29.6 Å². The van der Waals surface area contributed by atoms with Crippen LogP contribution in [-0.4, -0.2) is 51.5 Å². The molecule has 8 rings (SSSR count). The molecule has 6 heteroatoms. The summed E-state index contributed by atoms with van der Waals surface area (Å²) in [6.45, 7) is 8.14. The molecule has 7 bridgehead atoms. The second-order valence-electron chi connectivity index (χ2n) is 10.1. The Kier molecular flexibility index (Phi) is 2.57. The highest BCUT2D eigenvalue weighted by Crippen LogP contribution is 2.81. The minimum absolute atomic E-state index is 0.133. The van der Waals surface area contributed by atoms with Crippen LogP contribution in [0.2, 0.25) is 0 Å². The first-order valence-electron chi connectivity index (χ1n) is 9.80. The molecule has 6 nitrogen and oxygen atoms in total. The monoisotopic (exact) mass is 362 g/mol. The number of carbonyl (C=O) groups excluding carboxylic acids is 1. The van der Waals surface area contributed by atoms with E-state index in [2.05, 4.69) is 20.4 Å². The summed E-state index contributed by atoms with van der Waals surface area (Å²) in [7, 11) is 0. The van der Waals surface area contributed by atoms with Gasteiger partial charge in [-0.15, -0.1) is 0 Å². The molecular weight excluding hydrogens is 336 g/mol. The van der Waals surface area contributed by atoms with Crippen LogP contribution >= 0.6 is 0 Å². The average molecular weight is 362 g/mol. The lowest BCUT2D eigenvalue weighted by Crippen LogP contribution is -2.91. The lowest BCUT2D eigenvalue weighted by Gasteiger charge is -2.79. The van der Waals surface area contributed by atoms with E-state index in [1.807, 2.05) is 0 Å². The summed E-state index contributed by atoms with van der Waals surface area (Å²) in [5.74, 6) is -2.99. The number of hydrogen-bond donors (Lipinski definition) is 3. The molecule has 4 saturated heterocycles. The van der Waals surface area contributed by atoms with E-state index in [-0.39, 0.29) is 23.0 Å². The molecule has 0 amide bonds. The number of aliphatic hydroxyl groups excluding tert-OH is 2. The summed E-state index contributed by atoms with van der Waals surface area (Å²) in [6.07, 6.45) is -0.473. The molecule has 4 saturated carbocycles. The van der Waals surface area contributed by atoms with Crippen LogP contribution in [0.5, 0.6) is 0 Å². The van der Waals surface area contributed by atoms with Crippen LogP contribution in [0.4, 0.5) is 0 Å². The van der Waals surface area contributed by atoms with Crippen LogP contribution in [0.25, 0.3) is 0 Å². The lowest BCUT2D eigenvalue weighted by molar-refractivity contribution is -0.556. The highest BCUT2D eigenvalue weighted by atomic mass is 16.8. The standard InChI is InChI=1S/C20H26O6/c1-8-9-4-5-10-18-11(21)6-7-17(2,3)12(18)14(23)20(24)19(10,13(8)22)15(9)25-16(18)26-20/h9-12,14-16,21,23-24H,1,4-7H2,2-3H3/t9-,10-,11-,12+,14-,15-,16-,18-,19-,20-/m0/s1. The maximum Gasteiger partial charge on any atom is 0.211 e. The Morgan fingerprint density at radius 1 is 1.19 bits per heavy atom. The molecule has 26 heavy (non-hydrogen) atoms. The van der Waals surface area contributed by atoms with Gasteiger partial charge in [-0.3, -0.25) is 4.79 Å². The minimum atomic E-state index is -1.97. The van der Waals surface area contributed by atoms with E-state index < -0.39 is 47.1 Å². The van der Waals surface area contributed by atoms with Gasteiger partial charge in [0.05, 0.1) is 17.6 Å². The Morgan fingerprint density at radius 2 is 1.92 bits per heavy atom. The molecule has 8 fully saturated rings. The number of hydrogen-bond acceptors (Lipinski definition) is 6. The van der Waals surface area contributed by atoms with Crippen molar-refractivity contribution in [1.29, 1.82) is 0 Å². The molecular formula is C20H26O6. The molecule has 0 aromatic rings. The molecule has 3 N–H and O–H groups in total. The van der Waals surface area contributed by atoms with Gasteiger partial charge in [-0.05, 0) is 42.6 Å². The molecule has 0 aromatic heterocycles. The van der Waals surface area contributed by atoms with Gasteiger partial charge in [0.2, 0.25) is 5.79 Å². The van der Waals surface area contributed by atoms with E-state index in [9.17, 15) is 20.1 Å². The number of rotatable bonds is 0. The van der Waals surface area contributed by atoms with Gasteiger partial charge in [-0.1, -0.05) is 20.4 Å². The van der Waals surface area contributed by atoms with Gasteiger partial charge in [-0.2, -0.15) is 0 Å². The van der Waals surface area contributed by atoms with E-state index in [1.54, 1.807) is 0 Å². The second kappa shape index (κ2) is 4.13. The largest absolute Gasteiger partial charge is 0.392 e. The van der Waals surface area contributed by atoms with Crippen LogP contribution in [0, 0.1) is 34.0 Å². The van der Waals surface area contributed by atoms with Crippen LogP contribution in [-0.2, 0) is 14.3 Å². The van der Waals surface area contributed by atoms with E-state index in [4.69, 9.17) is 9.47 Å². The van der Waals surface area contributed by atoms with Gasteiger partial charge < -0.3 is 24.8 Å². The van der Waals surface area contributed by atoms with E-state index in [0.717, 1.165) is 12.8 Å². The third-order valence-electron chi connectivity index (χ3n) is 9.14. The molecule has 142 valence electrons. The topological polar surface area (TPSA) is 96.2 Å². The van der Waals surface area contributed by atoms with Crippen molar-refractivity contribution in [3.8, 4) is 0 Å². The van der Waals surface area contributed by atoms with Crippen molar-refractivity contribution in [2.24, 2.45) is 34.0 Å². The number of aliphatic hydroxyl groups is 3. The molecule has 4 aliphatic carbocycles. The summed E-state index contributed by atoms with van der Waals surface area (Å²) in [4.78, 5) is 13.4. The van der Waals surface area contributed by atoms with Crippen molar-refractivity contribution in [1.82, 2.24) is 0 Å². The van der Waals surface area contributed by atoms with Crippen LogP contribution in [0.15, 0.2) is 12.2 Å². The Bertz CT molecular complexity index is 761. The molecule has 10 atom stereocenters. The number of ether oxygens (including phenoxy) is 2. The van der Waals surface area contributed by atoms with Crippen molar-refractivity contribution >= 4 is 5.78 Å². The second-order valence-corrected chi connectivity index (χ2v) is 10.1. The van der Waals surface area contributed by atoms with Gasteiger partial charge in [0, 0.05) is 11.8 Å². The summed E-state index contributed by atoms with van der Waals surface area (Å²) >= 11 is 0. The molecule has 0 radical (unpaired) electrons. The Balaban J connectivity index is 1.70. The molecule has 4 aliphatic heterocycles. The summed E-state index contributed by atoms with van der Waals surface area (Å²) < 4.78 is 12.3. The van der Waals surface area contributed by atoms with Gasteiger partial charge in [-0.25, -0.2) is 0 Å². The number of carbonyl (C=O) groups is 1. The van der Waals surface area contributed by atoms with Crippen molar-refractivity contribution in [3.63, 3.8) is 0 Å². The SMILES string of the molecule is C=C1C(=O)[C@@]23[C@H]4O[C@H]5O[C@@]2(O)[C@@H](O)[C@@H]2C(C)(C)CC[C@H](O)[C@]52[C@@H]3CC[C@@H]14. The first-order valence-corrected chi connectivity index (χ1v) is 9.80. The molecule has 4 heterocycles. The first kappa shape index (κ1) is 16.2. The number of ketones is 1. The van der Waals surface area contributed by atoms with Crippen molar-refractivity contribution in [2.45, 2.75) is 69.9 Å². The maximum absolute atomic E-state index is 13.4. The predicted molar refractivity (Wildman–Crippen MR) is 88.4 cm³/mol. The minimum Gasteiger partial charge on any atom is -0.392 e. The quantitative estimate of drug-likeness (QED) is 0.550. The summed E-state index contributed by atoms with van der Waals surface area (Å²) in [5.41, 5.74) is -2.03. The fourth-order valence-corrected chi connectivity index (χ4v) is 8.38. The normalized spacial score (nSPS) is 64.0. The van der Waals surface area contributed by atoms with Gasteiger partial charge in [0.25, 0.3) is 0 Å². The fraction of sp³-hybridized carbons (Fsp3) is 0.850. The van der Waals surface area contributed by atoms with Crippen LogP contribution in [0.1, 0.15) is 39.5 Å². The first-order chi connectivity index (χ1) is 12.1. The Morgan fingerprint density at radius 3 is 2.65 bits per heavy atom. The maximum atomic E-state index is 13.4. The highest BCUT2D eigenvalue weighted by molar-refractivity contribution is 6.05. The summed E-state index contributed by atoms with van der Waals surface area (Å²) in [5, 5.41) is 34.3. The third kappa shape index (κ3) is 1.19. The molecule has 0 aromatic carbocycles. The van der Waals surface area contributed by atoms with Gasteiger partial charge in [0.1, 0.15) is 11.5 Å². The molecule has 2 spiro atoms. The summed E-state index contributed by atoms with van der Waals surface area (Å²) in [6, 6.07) is 0. The fourth-order valence-electron chi connectivity index (χ4n) is 8.38. The van der Waals surface area contributed by atoms with Crippen molar-refractivity contribution in [2.75, 3.05) is 0 Å². The Labute approximate surface area is 152 Å². The smallest absolute Gasteiger partial charge is 0.211 e. The van der Waals surface area contributed by atoms with Gasteiger partial charge in [0.15, 0.2) is 12.1 Å². The van der Waals surface area contributed by atoms with E-state index in [1.165, 1.54) is 0 Å². The average Bonchev–Trinajstić information content (AvgIpc) is 2.71. The van der Waals surface area contributed by atoms with E-state index >= 15 is 0 Å². The Hall–Kier alpha value is -0.790.